The minimum absolute atomic E-state index is 0.139. The van der Waals surface area contributed by atoms with Gasteiger partial charge in [0, 0.05) is 57.4 Å². The number of halogens is 4. The average molecular weight is 359 g/mol. The molecule has 22 heavy (non-hydrogen) atoms. The van der Waals surface area contributed by atoms with E-state index >= 15 is 0 Å². The van der Waals surface area contributed by atoms with Crippen LogP contribution in [-0.2, 0) is 11.3 Å². The molecule has 1 fully saturated rings. The summed E-state index contributed by atoms with van der Waals surface area (Å²) in [6, 6.07) is 0. The minimum atomic E-state index is -4.24. The van der Waals surface area contributed by atoms with E-state index in [2.05, 4.69) is 24.1 Å². The van der Waals surface area contributed by atoms with Crippen molar-refractivity contribution in [1.82, 2.24) is 19.4 Å². The molecule has 0 amide bonds. The molecular weight excluding hydrogens is 341 g/mol. The van der Waals surface area contributed by atoms with Gasteiger partial charge in [-0.1, -0.05) is 16.1 Å². The Hall–Kier alpha value is -0.480. The molecule has 0 spiro atoms. The van der Waals surface area contributed by atoms with E-state index in [1.807, 2.05) is 0 Å². The molecule has 0 unspecified atom stereocenters. The Balaban J connectivity index is 1.56. The molecule has 1 aromatic heterocycles. The Morgan fingerprint density at radius 2 is 1.86 bits per heavy atom. The van der Waals surface area contributed by atoms with Gasteiger partial charge in [0.25, 0.3) is 0 Å². The highest BCUT2D eigenvalue weighted by molar-refractivity contribution is 7.10. The van der Waals surface area contributed by atoms with Crippen molar-refractivity contribution in [1.29, 1.82) is 0 Å². The van der Waals surface area contributed by atoms with Crippen LogP contribution in [0.1, 0.15) is 12.1 Å². The molecule has 1 saturated heterocycles. The van der Waals surface area contributed by atoms with Gasteiger partial charge in [-0.05, 0) is 6.42 Å². The van der Waals surface area contributed by atoms with Crippen LogP contribution in [0.25, 0.3) is 0 Å². The number of aromatic nitrogens is 2. The van der Waals surface area contributed by atoms with Gasteiger partial charge in [-0.2, -0.15) is 13.2 Å². The van der Waals surface area contributed by atoms with E-state index in [0.29, 0.717) is 17.3 Å². The van der Waals surface area contributed by atoms with E-state index in [9.17, 15) is 13.2 Å². The number of nitrogens with zero attached hydrogens (tertiary/aromatic N) is 4. The summed E-state index contributed by atoms with van der Waals surface area (Å²) in [6.45, 7) is 3.96. The Bertz CT molecular complexity index is 452. The smallest absolute Gasteiger partial charge is 0.372 e. The quantitative estimate of drug-likeness (QED) is 0.699. The summed E-state index contributed by atoms with van der Waals surface area (Å²) in [4.78, 5) is 4.48. The lowest BCUT2D eigenvalue weighted by Crippen LogP contribution is -2.46. The maximum Gasteiger partial charge on any atom is 0.411 e. The fourth-order valence-electron chi connectivity index (χ4n) is 2.25. The minimum Gasteiger partial charge on any atom is -0.372 e. The normalized spacial score (nSPS) is 18.0. The predicted octanol–water partition coefficient (Wildman–Crippen LogP) is 2.28. The molecule has 1 aromatic rings. The number of hydrogen-bond acceptors (Lipinski definition) is 6. The van der Waals surface area contributed by atoms with Crippen molar-refractivity contribution in [3.63, 3.8) is 0 Å². The van der Waals surface area contributed by atoms with Crippen molar-refractivity contribution >= 4 is 23.1 Å². The van der Waals surface area contributed by atoms with Crippen LogP contribution < -0.4 is 0 Å². The number of alkyl halides is 3. The first-order valence-electron chi connectivity index (χ1n) is 7.00. The maximum atomic E-state index is 11.9. The van der Waals surface area contributed by atoms with E-state index in [0.717, 1.165) is 38.4 Å². The second-order valence-corrected chi connectivity index (χ2v) is 6.49. The summed E-state index contributed by atoms with van der Waals surface area (Å²) in [5, 5.41) is 3.99. The molecule has 0 aliphatic carbocycles. The van der Waals surface area contributed by atoms with Crippen molar-refractivity contribution in [2.45, 2.75) is 19.1 Å². The van der Waals surface area contributed by atoms with E-state index in [4.69, 9.17) is 11.6 Å². The summed E-state index contributed by atoms with van der Waals surface area (Å²) in [5.41, 5.74) is 0.806. The first kappa shape index (κ1) is 17.9. The number of ether oxygens (including phenoxy) is 1. The molecule has 5 nitrogen and oxygen atoms in total. The summed E-state index contributed by atoms with van der Waals surface area (Å²) in [7, 11) is 0. The molecule has 0 saturated carbocycles. The molecule has 126 valence electrons. The van der Waals surface area contributed by atoms with Crippen molar-refractivity contribution < 1.29 is 17.9 Å². The fourth-order valence-corrected chi connectivity index (χ4v) is 2.86. The molecular formula is C12H18ClF3N4OS. The Labute approximate surface area is 136 Å². The molecule has 10 heteroatoms. The highest BCUT2D eigenvalue weighted by Crippen LogP contribution is 2.19. The number of piperazine rings is 1. The standard InChI is InChI=1S/C12H18ClF3N4OS/c13-11-10(17-18-22-11)8-20-5-3-19(4-6-20)2-1-7-21-9-12(14,15)16/h1-9H2. The van der Waals surface area contributed by atoms with Crippen LogP contribution >= 0.6 is 23.1 Å². The van der Waals surface area contributed by atoms with Gasteiger partial charge in [0.2, 0.25) is 0 Å². The molecule has 1 aliphatic heterocycles. The van der Waals surface area contributed by atoms with Crippen LogP contribution in [0, 0.1) is 0 Å². The fraction of sp³-hybridized carbons (Fsp3) is 0.833. The molecule has 0 radical (unpaired) electrons. The van der Waals surface area contributed by atoms with Gasteiger partial charge in [0.05, 0.1) is 0 Å². The highest BCUT2D eigenvalue weighted by Gasteiger charge is 2.27. The van der Waals surface area contributed by atoms with Crippen LogP contribution in [0.5, 0.6) is 0 Å². The van der Waals surface area contributed by atoms with Crippen molar-refractivity contribution in [2.75, 3.05) is 45.9 Å². The van der Waals surface area contributed by atoms with Gasteiger partial charge in [-0.3, -0.25) is 4.90 Å². The molecule has 0 aromatic carbocycles. The second-order valence-electron chi connectivity index (χ2n) is 5.13. The van der Waals surface area contributed by atoms with Crippen molar-refractivity contribution in [3.8, 4) is 0 Å². The van der Waals surface area contributed by atoms with E-state index in [-0.39, 0.29) is 6.61 Å². The molecule has 1 aliphatic rings. The van der Waals surface area contributed by atoms with Crippen LogP contribution in [0.3, 0.4) is 0 Å². The van der Waals surface area contributed by atoms with Gasteiger partial charge in [0.15, 0.2) is 0 Å². The van der Waals surface area contributed by atoms with Gasteiger partial charge in [0.1, 0.15) is 16.6 Å². The second kappa shape index (κ2) is 8.39. The van der Waals surface area contributed by atoms with Crippen molar-refractivity contribution in [3.05, 3.63) is 10.0 Å². The largest absolute Gasteiger partial charge is 0.411 e. The monoisotopic (exact) mass is 358 g/mol. The number of hydrogen-bond donors (Lipinski definition) is 0. The van der Waals surface area contributed by atoms with Crippen LogP contribution in [0.15, 0.2) is 0 Å². The molecule has 0 bridgehead atoms. The van der Waals surface area contributed by atoms with Crippen LogP contribution in [-0.4, -0.2) is 71.5 Å². The topological polar surface area (TPSA) is 41.5 Å². The Morgan fingerprint density at radius 1 is 1.18 bits per heavy atom. The first-order chi connectivity index (χ1) is 10.4. The summed E-state index contributed by atoms with van der Waals surface area (Å²) in [5.74, 6) is 0. The lowest BCUT2D eigenvalue weighted by atomic mass is 10.3. The van der Waals surface area contributed by atoms with Crippen LogP contribution in [0.4, 0.5) is 13.2 Å². The average Bonchev–Trinajstić information content (AvgIpc) is 2.84. The van der Waals surface area contributed by atoms with Gasteiger partial charge in [-0.25, -0.2) is 0 Å². The third-order valence-corrected chi connectivity index (χ3v) is 4.36. The summed E-state index contributed by atoms with van der Waals surface area (Å²) < 4.78 is 44.8. The summed E-state index contributed by atoms with van der Waals surface area (Å²) >= 11 is 7.16. The Kier molecular flexibility index (Phi) is 6.82. The highest BCUT2D eigenvalue weighted by atomic mass is 35.5. The lowest BCUT2D eigenvalue weighted by Gasteiger charge is -2.34. The molecule has 2 rings (SSSR count). The Morgan fingerprint density at radius 3 is 2.45 bits per heavy atom. The molecule has 0 N–H and O–H groups in total. The zero-order chi connectivity index (χ0) is 16.0. The lowest BCUT2D eigenvalue weighted by molar-refractivity contribution is -0.174. The SMILES string of the molecule is FC(F)(F)COCCCN1CCN(Cc2nnsc2Cl)CC1. The van der Waals surface area contributed by atoms with Gasteiger partial charge < -0.3 is 9.64 Å². The van der Waals surface area contributed by atoms with Crippen molar-refractivity contribution in [2.24, 2.45) is 0 Å². The van der Waals surface area contributed by atoms with Crippen LogP contribution in [0.2, 0.25) is 4.34 Å². The van der Waals surface area contributed by atoms with Gasteiger partial charge >= 0.3 is 6.18 Å². The molecule has 0 atom stereocenters. The maximum absolute atomic E-state index is 11.9. The van der Waals surface area contributed by atoms with E-state index in [1.165, 1.54) is 11.5 Å². The van der Waals surface area contributed by atoms with Gasteiger partial charge in [-0.15, -0.1) is 5.10 Å². The molecule has 2 heterocycles. The third-order valence-electron chi connectivity index (χ3n) is 3.38. The first-order valence-corrected chi connectivity index (χ1v) is 8.15. The zero-order valence-corrected chi connectivity index (χ0v) is 13.6. The zero-order valence-electron chi connectivity index (χ0n) is 12.0. The van der Waals surface area contributed by atoms with E-state index < -0.39 is 12.8 Å². The summed E-state index contributed by atoms with van der Waals surface area (Å²) in [6.07, 6.45) is -3.63. The third kappa shape index (κ3) is 6.33. The predicted molar refractivity (Wildman–Crippen MR) is 78.1 cm³/mol. The van der Waals surface area contributed by atoms with E-state index in [1.54, 1.807) is 0 Å². The number of rotatable bonds is 7.